The summed E-state index contributed by atoms with van der Waals surface area (Å²) < 4.78 is 0. The smallest absolute Gasteiger partial charge is 0.255 e. The molecule has 5 heteroatoms. The highest BCUT2D eigenvalue weighted by Crippen LogP contribution is 2.29. The first-order valence-electron chi connectivity index (χ1n) is 11.2. The predicted molar refractivity (Wildman–Crippen MR) is 133 cm³/mol. The van der Waals surface area contributed by atoms with Crippen LogP contribution in [0.3, 0.4) is 0 Å². The Hall–Kier alpha value is -3.02. The van der Waals surface area contributed by atoms with E-state index in [0.717, 1.165) is 34.3 Å². The number of fused-ring (bicyclic) bond motifs is 1. The van der Waals surface area contributed by atoms with Crippen molar-refractivity contribution in [1.82, 2.24) is 9.88 Å². The Balaban J connectivity index is 1.32. The van der Waals surface area contributed by atoms with Crippen molar-refractivity contribution in [2.75, 3.05) is 18.4 Å². The summed E-state index contributed by atoms with van der Waals surface area (Å²) in [5.41, 5.74) is 5.77. The van der Waals surface area contributed by atoms with E-state index in [1.807, 2.05) is 43.5 Å². The third kappa shape index (κ3) is 4.31. The summed E-state index contributed by atoms with van der Waals surface area (Å²) in [6.45, 7) is 7.44. The zero-order valence-electron chi connectivity index (χ0n) is 18.5. The monoisotopic (exact) mass is 441 g/mol. The van der Waals surface area contributed by atoms with Gasteiger partial charge >= 0.3 is 0 Å². The molecule has 0 bridgehead atoms. The fourth-order valence-electron chi connectivity index (χ4n) is 4.38. The van der Waals surface area contributed by atoms with E-state index in [1.165, 1.54) is 41.2 Å². The molecule has 2 aromatic carbocycles. The van der Waals surface area contributed by atoms with Gasteiger partial charge in [0.1, 0.15) is 0 Å². The van der Waals surface area contributed by atoms with Gasteiger partial charge in [0.05, 0.1) is 5.52 Å². The van der Waals surface area contributed by atoms with Crippen LogP contribution in [-0.2, 0) is 6.54 Å². The molecule has 2 aromatic heterocycles. The Labute approximate surface area is 192 Å². The van der Waals surface area contributed by atoms with Crippen LogP contribution in [-0.4, -0.2) is 28.9 Å². The van der Waals surface area contributed by atoms with E-state index in [-0.39, 0.29) is 5.91 Å². The van der Waals surface area contributed by atoms with Crippen molar-refractivity contribution in [2.45, 2.75) is 33.2 Å². The van der Waals surface area contributed by atoms with Gasteiger partial charge in [-0.1, -0.05) is 18.2 Å². The highest BCUT2D eigenvalue weighted by Gasteiger charge is 2.14. The number of aromatic nitrogens is 1. The van der Waals surface area contributed by atoms with Crippen LogP contribution in [0.1, 0.15) is 39.2 Å². The topological polar surface area (TPSA) is 45.2 Å². The second-order valence-electron chi connectivity index (χ2n) is 8.58. The molecule has 1 fully saturated rings. The number of likely N-dealkylation sites (tertiary alicyclic amines) is 1. The fraction of sp³-hybridized carbons (Fsp3) is 0.259. The second-order valence-corrected chi connectivity index (χ2v) is 9.87. The van der Waals surface area contributed by atoms with Gasteiger partial charge < -0.3 is 5.32 Å². The highest BCUT2D eigenvalue weighted by molar-refractivity contribution is 7.15. The van der Waals surface area contributed by atoms with E-state index in [9.17, 15) is 4.79 Å². The number of rotatable bonds is 5. The standard InChI is InChI=1S/C27H27N3OS/c1-18-5-12-25(32-18)21-6-8-22(9-7-21)27(31)29-24-11-10-23-15-20(16-28-26(23)19(24)2)17-30-13-3-4-14-30/h5-12,15-16H,3-4,13-14,17H2,1-2H3,(H,29,31). The maximum absolute atomic E-state index is 12.9. The maximum atomic E-state index is 12.9. The van der Waals surface area contributed by atoms with Crippen molar-refractivity contribution in [3.63, 3.8) is 0 Å². The molecule has 3 heterocycles. The Kier molecular flexibility index (Phi) is 5.77. The molecule has 0 aliphatic carbocycles. The van der Waals surface area contributed by atoms with E-state index in [2.05, 4.69) is 41.4 Å². The lowest BCUT2D eigenvalue weighted by atomic mass is 10.1. The van der Waals surface area contributed by atoms with Crippen molar-refractivity contribution in [2.24, 2.45) is 0 Å². The summed E-state index contributed by atoms with van der Waals surface area (Å²) in [5.74, 6) is -0.105. The van der Waals surface area contributed by atoms with E-state index in [1.54, 1.807) is 11.3 Å². The first-order valence-corrected chi connectivity index (χ1v) is 12.0. The van der Waals surface area contributed by atoms with Gasteiger partial charge in [0.15, 0.2) is 0 Å². The van der Waals surface area contributed by atoms with Gasteiger partial charge in [-0.2, -0.15) is 0 Å². The van der Waals surface area contributed by atoms with Crippen molar-refractivity contribution in [1.29, 1.82) is 0 Å². The van der Waals surface area contributed by atoms with Crippen LogP contribution in [0.4, 0.5) is 5.69 Å². The van der Waals surface area contributed by atoms with Crippen LogP contribution in [0, 0.1) is 13.8 Å². The summed E-state index contributed by atoms with van der Waals surface area (Å²) in [5, 5.41) is 4.19. The van der Waals surface area contributed by atoms with Gasteiger partial charge in [-0.3, -0.25) is 14.7 Å². The summed E-state index contributed by atoms with van der Waals surface area (Å²) in [6.07, 6.45) is 4.56. The van der Waals surface area contributed by atoms with Crippen LogP contribution in [0.15, 0.2) is 60.8 Å². The lowest BCUT2D eigenvalue weighted by molar-refractivity contribution is 0.102. The molecule has 1 amide bonds. The van der Waals surface area contributed by atoms with E-state index >= 15 is 0 Å². The zero-order chi connectivity index (χ0) is 22.1. The molecule has 1 saturated heterocycles. The largest absolute Gasteiger partial charge is 0.322 e. The van der Waals surface area contributed by atoms with Crippen LogP contribution >= 0.6 is 11.3 Å². The van der Waals surface area contributed by atoms with E-state index in [0.29, 0.717) is 5.56 Å². The minimum atomic E-state index is -0.105. The number of nitrogens with one attached hydrogen (secondary N) is 1. The number of aryl methyl sites for hydroxylation is 2. The van der Waals surface area contributed by atoms with Crippen LogP contribution in [0.2, 0.25) is 0 Å². The quantitative estimate of drug-likeness (QED) is 0.388. The molecule has 1 aliphatic heterocycles. The predicted octanol–water partition coefficient (Wildman–Crippen LogP) is 6.43. The third-order valence-electron chi connectivity index (χ3n) is 6.19. The Morgan fingerprint density at radius 1 is 1.03 bits per heavy atom. The number of thiophene rings is 1. The molecule has 1 N–H and O–H groups in total. The molecule has 4 nitrogen and oxygen atoms in total. The molecule has 0 radical (unpaired) electrons. The first kappa shape index (κ1) is 20.9. The first-order chi connectivity index (χ1) is 15.6. The highest BCUT2D eigenvalue weighted by atomic mass is 32.1. The van der Waals surface area contributed by atoms with E-state index in [4.69, 9.17) is 4.98 Å². The van der Waals surface area contributed by atoms with Gasteiger partial charge in [0.2, 0.25) is 0 Å². The summed E-state index contributed by atoms with van der Waals surface area (Å²) in [7, 11) is 0. The minimum Gasteiger partial charge on any atom is -0.322 e. The lowest BCUT2D eigenvalue weighted by Crippen LogP contribution is -2.18. The zero-order valence-corrected chi connectivity index (χ0v) is 19.3. The Bertz CT molecular complexity index is 1270. The number of benzene rings is 2. The van der Waals surface area contributed by atoms with Crippen molar-refractivity contribution in [3.8, 4) is 10.4 Å². The number of amides is 1. The lowest BCUT2D eigenvalue weighted by Gasteiger charge is -2.15. The maximum Gasteiger partial charge on any atom is 0.255 e. The van der Waals surface area contributed by atoms with Gasteiger partial charge in [-0.05, 0) is 92.9 Å². The average Bonchev–Trinajstić information content (AvgIpc) is 3.47. The van der Waals surface area contributed by atoms with Crippen LogP contribution in [0.25, 0.3) is 21.3 Å². The molecule has 1 aliphatic rings. The SMILES string of the molecule is Cc1ccc(-c2ccc(C(=O)Nc3ccc4cc(CN5CCCC5)cnc4c3C)cc2)s1. The van der Waals surface area contributed by atoms with Crippen LogP contribution < -0.4 is 5.32 Å². The number of carbonyl (C=O) groups is 1. The minimum absolute atomic E-state index is 0.105. The van der Waals surface area contributed by atoms with Crippen molar-refractivity contribution in [3.05, 3.63) is 82.4 Å². The number of nitrogens with zero attached hydrogens (tertiary/aromatic N) is 2. The number of pyridine rings is 1. The summed E-state index contributed by atoms with van der Waals surface area (Å²) >= 11 is 1.76. The molecule has 4 aromatic rings. The Morgan fingerprint density at radius 2 is 1.81 bits per heavy atom. The third-order valence-corrected chi connectivity index (χ3v) is 7.24. The van der Waals surface area contributed by atoms with Crippen molar-refractivity contribution >= 4 is 33.8 Å². The molecule has 0 unspecified atom stereocenters. The molecule has 0 spiro atoms. The molecule has 0 saturated carbocycles. The molecule has 32 heavy (non-hydrogen) atoms. The second kappa shape index (κ2) is 8.85. The number of anilines is 1. The van der Waals surface area contributed by atoms with Crippen LogP contribution in [0.5, 0.6) is 0 Å². The summed E-state index contributed by atoms with van der Waals surface area (Å²) in [4.78, 5) is 22.6. The molecule has 5 rings (SSSR count). The number of hydrogen-bond donors (Lipinski definition) is 1. The molecular formula is C27H27N3OS. The number of hydrogen-bond acceptors (Lipinski definition) is 4. The van der Waals surface area contributed by atoms with E-state index < -0.39 is 0 Å². The molecular weight excluding hydrogens is 414 g/mol. The normalized spacial score (nSPS) is 14.2. The van der Waals surface area contributed by atoms with Gasteiger partial charge in [0, 0.05) is 39.1 Å². The van der Waals surface area contributed by atoms with Gasteiger partial charge in [-0.25, -0.2) is 0 Å². The average molecular weight is 442 g/mol. The fourth-order valence-corrected chi connectivity index (χ4v) is 5.26. The molecule has 162 valence electrons. The molecule has 0 atom stereocenters. The number of carbonyl (C=O) groups excluding carboxylic acids is 1. The van der Waals surface area contributed by atoms with Gasteiger partial charge in [-0.15, -0.1) is 11.3 Å². The van der Waals surface area contributed by atoms with Gasteiger partial charge in [0.25, 0.3) is 5.91 Å². The van der Waals surface area contributed by atoms with Crippen molar-refractivity contribution < 1.29 is 4.79 Å². The summed E-state index contributed by atoms with van der Waals surface area (Å²) in [6, 6.07) is 18.3. The Morgan fingerprint density at radius 3 is 2.53 bits per heavy atom.